The Morgan fingerprint density at radius 3 is 2.75 bits per heavy atom. The van der Waals surface area contributed by atoms with Crippen LogP contribution >= 0.6 is 0 Å². The van der Waals surface area contributed by atoms with Crippen LogP contribution in [0, 0.1) is 5.92 Å². The predicted molar refractivity (Wildman–Crippen MR) is 62.2 cm³/mol. The standard InChI is InChI=1S/C12H23NO3/c1-9(2)7-10(3)16-12(15)13-6-4-5-11(14)8-13/h9-11,14H,4-8H2,1-3H3/t10-,11-/m1/s1. The number of ether oxygens (including phenoxy) is 1. The van der Waals surface area contributed by atoms with Gasteiger partial charge >= 0.3 is 6.09 Å². The number of nitrogens with zero attached hydrogens (tertiary/aromatic N) is 1. The SMILES string of the molecule is CC(C)C[C@@H](C)OC(=O)N1CCC[C@@H](O)C1. The van der Waals surface area contributed by atoms with E-state index in [4.69, 9.17) is 4.74 Å². The van der Waals surface area contributed by atoms with Crippen molar-refractivity contribution >= 4 is 6.09 Å². The molecule has 16 heavy (non-hydrogen) atoms. The smallest absolute Gasteiger partial charge is 0.410 e. The number of carbonyl (C=O) groups is 1. The topological polar surface area (TPSA) is 49.8 Å². The van der Waals surface area contributed by atoms with Crippen LogP contribution in [0.15, 0.2) is 0 Å². The molecular weight excluding hydrogens is 206 g/mol. The fourth-order valence-electron chi connectivity index (χ4n) is 2.08. The van der Waals surface area contributed by atoms with Crippen molar-refractivity contribution < 1.29 is 14.6 Å². The molecule has 2 atom stereocenters. The normalized spacial score (nSPS) is 23.3. The molecule has 0 saturated carbocycles. The number of likely N-dealkylation sites (tertiary alicyclic amines) is 1. The third kappa shape index (κ3) is 4.39. The van der Waals surface area contributed by atoms with Crippen LogP contribution in [0.1, 0.15) is 40.0 Å². The van der Waals surface area contributed by atoms with Gasteiger partial charge in [-0.05, 0) is 32.1 Å². The summed E-state index contributed by atoms with van der Waals surface area (Å²) in [5.74, 6) is 0.523. The van der Waals surface area contributed by atoms with Gasteiger partial charge in [-0.15, -0.1) is 0 Å². The van der Waals surface area contributed by atoms with Crippen LogP contribution in [0.5, 0.6) is 0 Å². The van der Waals surface area contributed by atoms with Gasteiger partial charge in [0.2, 0.25) is 0 Å². The van der Waals surface area contributed by atoms with Crippen LogP contribution in [-0.2, 0) is 4.74 Å². The average molecular weight is 229 g/mol. The summed E-state index contributed by atoms with van der Waals surface area (Å²) in [6.07, 6.45) is 1.79. The van der Waals surface area contributed by atoms with E-state index in [0.29, 0.717) is 19.0 Å². The number of aliphatic hydroxyl groups is 1. The summed E-state index contributed by atoms with van der Waals surface area (Å²) in [5.41, 5.74) is 0. The van der Waals surface area contributed by atoms with Gasteiger partial charge in [-0.1, -0.05) is 13.8 Å². The van der Waals surface area contributed by atoms with Gasteiger partial charge in [0.25, 0.3) is 0 Å². The highest BCUT2D eigenvalue weighted by atomic mass is 16.6. The Hall–Kier alpha value is -0.770. The molecule has 0 aromatic rings. The summed E-state index contributed by atoms with van der Waals surface area (Å²) in [6, 6.07) is 0. The summed E-state index contributed by atoms with van der Waals surface area (Å²) >= 11 is 0. The molecule has 0 aromatic carbocycles. The van der Waals surface area contributed by atoms with E-state index < -0.39 is 0 Å². The highest BCUT2D eigenvalue weighted by molar-refractivity contribution is 5.67. The van der Waals surface area contributed by atoms with Gasteiger partial charge in [-0.25, -0.2) is 4.79 Å². The van der Waals surface area contributed by atoms with Crippen molar-refractivity contribution in [3.8, 4) is 0 Å². The maximum absolute atomic E-state index is 11.7. The number of hydrogen-bond donors (Lipinski definition) is 1. The summed E-state index contributed by atoms with van der Waals surface area (Å²) in [4.78, 5) is 13.3. The molecular formula is C12H23NO3. The monoisotopic (exact) mass is 229 g/mol. The van der Waals surface area contributed by atoms with Gasteiger partial charge in [0.15, 0.2) is 0 Å². The van der Waals surface area contributed by atoms with Crippen molar-refractivity contribution in [3.05, 3.63) is 0 Å². The Kier molecular flexibility index (Phi) is 5.06. The van der Waals surface area contributed by atoms with E-state index in [-0.39, 0.29) is 18.3 Å². The molecule has 0 radical (unpaired) electrons. The molecule has 0 spiro atoms. The summed E-state index contributed by atoms with van der Waals surface area (Å²) in [6.45, 7) is 7.24. The first-order valence-electron chi connectivity index (χ1n) is 6.12. The number of β-amino-alcohol motifs (C(OH)–C–C–N with tert-alkyl or cyclic N) is 1. The first-order valence-corrected chi connectivity index (χ1v) is 6.12. The zero-order valence-corrected chi connectivity index (χ0v) is 10.5. The molecule has 0 unspecified atom stereocenters. The summed E-state index contributed by atoms with van der Waals surface area (Å²) < 4.78 is 5.32. The van der Waals surface area contributed by atoms with E-state index in [0.717, 1.165) is 19.3 Å². The van der Waals surface area contributed by atoms with Gasteiger partial charge in [0.05, 0.1) is 6.10 Å². The summed E-state index contributed by atoms with van der Waals surface area (Å²) in [5, 5.41) is 9.46. The van der Waals surface area contributed by atoms with Crippen molar-refractivity contribution in [2.24, 2.45) is 5.92 Å². The van der Waals surface area contributed by atoms with Crippen LogP contribution in [0.3, 0.4) is 0 Å². The Labute approximate surface area is 97.6 Å². The summed E-state index contributed by atoms with van der Waals surface area (Å²) in [7, 11) is 0. The maximum atomic E-state index is 11.7. The number of carbonyl (C=O) groups excluding carboxylic acids is 1. The second-order valence-electron chi connectivity index (χ2n) is 5.07. The molecule has 1 aliphatic heterocycles. The van der Waals surface area contributed by atoms with Crippen LogP contribution in [0.25, 0.3) is 0 Å². The molecule has 94 valence electrons. The third-order valence-corrected chi connectivity index (χ3v) is 2.76. The Balaban J connectivity index is 2.33. The highest BCUT2D eigenvalue weighted by Gasteiger charge is 2.24. The first kappa shape index (κ1) is 13.3. The highest BCUT2D eigenvalue weighted by Crippen LogP contribution is 2.14. The minimum Gasteiger partial charge on any atom is -0.446 e. The number of rotatable bonds is 3. The largest absolute Gasteiger partial charge is 0.446 e. The maximum Gasteiger partial charge on any atom is 0.410 e. The van der Waals surface area contributed by atoms with Gasteiger partial charge in [-0.2, -0.15) is 0 Å². The molecule has 0 aliphatic carbocycles. The molecule has 0 aromatic heterocycles. The van der Waals surface area contributed by atoms with E-state index in [1.165, 1.54) is 0 Å². The minimum absolute atomic E-state index is 0.0495. The van der Waals surface area contributed by atoms with Crippen molar-refractivity contribution in [1.82, 2.24) is 4.90 Å². The lowest BCUT2D eigenvalue weighted by atomic mass is 10.1. The van der Waals surface area contributed by atoms with Crippen molar-refractivity contribution in [2.75, 3.05) is 13.1 Å². The van der Waals surface area contributed by atoms with Crippen molar-refractivity contribution in [1.29, 1.82) is 0 Å². The van der Waals surface area contributed by atoms with E-state index >= 15 is 0 Å². The van der Waals surface area contributed by atoms with Gasteiger partial charge in [0.1, 0.15) is 6.10 Å². The van der Waals surface area contributed by atoms with E-state index in [1.54, 1.807) is 4.90 Å². The van der Waals surface area contributed by atoms with Crippen LogP contribution in [-0.4, -0.2) is 41.4 Å². The van der Waals surface area contributed by atoms with E-state index in [1.807, 2.05) is 6.92 Å². The van der Waals surface area contributed by atoms with Crippen LogP contribution in [0.4, 0.5) is 4.79 Å². The lowest BCUT2D eigenvalue weighted by Gasteiger charge is -2.30. The third-order valence-electron chi connectivity index (χ3n) is 2.76. The van der Waals surface area contributed by atoms with Crippen LogP contribution in [0.2, 0.25) is 0 Å². The molecule has 1 saturated heterocycles. The van der Waals surface area contributed by atoms with Crippen LogP contribution < -0.4 is 0 Å². The second-order valence-corrected chi connectivity index (χ2v) is 5.07. The van der Waals surface area contributed by atoms with Crippen molar-refractivity contribution in [3.63, 3.8) is 0 Å². The van der Waals surface area contributed by atoms with Gasteiger partial charge < -0.3 is 14.7 Å². The molecule has 4 heteroatoms. The second kappa shape index (κ2) is 6.09. The average Bonchev–Trinajstić information content (AvgIpc) is 2.16. The first-order chi connectivity index (χ1) is 7.49. The zero-order valence-electron chi connectivity index (χ0n) is 10.5. The zero-order chi connectivity index (χ0) is 12.1. The van der Waals surface area contributed by atoms with Gasteiger partial charge in [-0.3, -0.25) is 0 Å². The fourth-order valence-corrected chi connectivity index (χ4v) is 2.08. The Bertz CT molecular complexity index is 230. The molecule has 1 fully saturated rings. The Morgan fingerprint density at radius 2 is 2.19 bits per heavy atom. The lowest BCUT2D eigenvalue weighted by molar-refractivity contribution is 0.0284. The number of aliphatic hydroxyl groups excluding tert-OH is 1. The minimum atomic E-state index is -0.387. The number of piperidine rings is 1. The molecule has 1 heterocycles. The lowest BCUT2D eigenvalue weighted by Crippen LogP contribution is -2.43. The number of hydrogen-bond acceptors (Lipinski definition) is 3. The Morgan fingerprint density at radius 1 is 1.50 bits per heavy atom. The predicted octanol–water partition coefficient (Wildman–Crippen LogP) is 2.01. The molecule has 1 amide bonds. The van der Waals surface area contributed by atoms with E-state index in [2.05, 4.69) is 13.8 Å². The van der Waals surface area contributed by atoms with Crippen molar-refractivity contribution in [2.45, 2.75) is 52.2 Å². The molecule has 4 nitrogen and oxygen atoms in total. The quantitative estimate of drug-likeness (QED) is 0.805. The van der Waals surface area contributed by atoms with E-state index in [9.17, 15) is 9.90 Å². The number of amides is 1. The van der Waals surface area contributed by atoms with Gasteiger partial charge in [0, 0.05) is 13.1 Å². The molecule has 1 aliphatic rings. The molecule has 0 bridgehead atoms. The molecule has 1 N–H and O–H groups in total. The molecule has 1 rings (SSSR count). The fraction of sp³-hybridized carbons (Fsp3) is 0.917.